The summed E-state index contributed by atoms with van der Waals surface area (Å²) in [6.07, 6.45) is 2.89. The fraction of sp³-hybridized carbons (Fsp3) is 0.611. The van der Waals surface area contributed by atoms with Crippen molar-refractivity contribution in [2.24, 2.45) is 5.92 Å². The van der Waals surface area contributed by atoms with Gasteiger partial charge in [0.25, 0.3) is 0 Å². The molecular weight excluding hydrogens is 375 g/mol. The topological polar surface area (TPSA) is 84.9 Å². The number of hydrogen-bond acceptors (Lipinski definition) is 5. The molecule has 1 aromatic rings. The van der Waals surface area contributed by atoms with Gasteiger partial charge in [0.05, 0.1) is 13.2 Å². The van der Waals surface area contributed by atoms with Crippen LogP contribution in [-0.4, -0.2) is 58.1 Å². The average molecular weight is 400 g/mol. The third-order valence-corrected chi connectivity index (χ3v) is 7.02. The van der Waals surface area contributed by atoms with Crippen LogP contribution >= 0.6 is 0 Å². The van der Waals surface area contributed by atoms with Gasteiger partial charge in [-0.3, -0.25) is 4.79 Å². The van der Waals surface area contributed by atoms with Crippen LogP contribution < -0.4 is 10.1 Å². The Kier molecular flexibility index (Phi) is 6.33. The second-order valence-corrected chi connectivity index (χ2v) is 8.76. The van der Waals surface area contributed by atoms with E-state index in [1.807, 2.05) is 0 Å². The standard InChI is InChI=1S/C18H25FN2O5S/c1-25-16-5-4-14(19)11-17(16)27(23,24)21-8-6-13(7-9-21)18(22)20-12-15-3-2-10-26-15/h4-5,11,13,15H,2-3,6-10,12H2,1H3,(H,20,22)/t15-/m1/s1. The Morgan fingerprint density at radius 2 is 2.07 bits per heavy atom. The molecule has 150 valence electrons. The number of hydrogen-bond donors (Lipinski definition) is 1. The van der Waals surface area contributed by atoms with Crippen molar-refractivity contribution in [1.82, 2.24) is 9.62 Å². The molecule has 1 aromatic carbocycles. The Morgan fingerprint density at radius 3 is 2.70 bits per heavy atom. The van der Waals surface area contributed by atoms with Crippen LogP contribution in [0, 0.1) is 11.7 Å². The first-order valence-electron chi connectivity index (χ1n) is 9.15. The van der Waals surface area contributed by atoms with Crippen LogP contribution in [0.3, 0.4) is 0 Å². The van der Waals surface area contributed by atoms with Gasteiger partial charge in [-0.1, -0.05) is 0 Å². The van der Waals surface area contributed by atoms with Gasteiger partial charge >= 0.3 is 0 Å². The largest absolute Gasteiger partial charge is 0.495 e. The van der Waals surface area contributed by atoms with Gasteiger partial charge in [0, 0.05) is 32.2 Å². The lowest BCUT2D eigenvalue weighted by Gasteiger charge is -2.31. The van der Waals surface area contributed by atoms with E-state index in [4.69, 9.17) is 9.47 Å². The van der Waals surface area contributed by atoms with Gasteiger partial charge < -0.3 is 14.8 Å². The molecule has 3 rings (SSSR count). The van der Waals surface area contributed by atoms with Crippen molar-refractivity contribution in [3.05, 3.63) is 24.0 Å². The maximum absolute atomic E-state index is 13.6. The molecule has 1 atom stereocenters. The fourth-order valence-electron chi connectivity index (χ4n) is 3.51. The molecule has 0 spiro atoms. The highest BCUT2D eigenvalue weighted by molar-refractivity contribution is 7.89. The number of carbonyl (C=O) groups excluding carboxylic acids is 1. The lowest BCUT2D eigenvalue weighted by Crippen LogP contribution is -2.44. The Balaban J connectivity index is 1.59. The molecule has 1 N–H and O–H groups in total. The van der Waals surface area contributed by atoms with E-state index < -0.39 is 15.8 Å². The fourth-order valence-corrected chi connectivity index (χ4v) is 5.15. The first-order chi connectivity index (χ1) is 12.9. The highest BCUT2D eigenvalue weighted by Gasteiger charge is 2.34. The van der Waals surface area contributed by atoms with Gasteiger partial charge in [-0.15, -0.1) is 0 Å². The van der Waals surface area contributed by atoms with Crippen molar-refractivity contribution in [2.75, 3.05) is 33.4 Å². The molecule has 9 heteroatoms. The van der Waals surface area contributed by atoms with E-state index in [0.29, 0.717) is 19.4 Å². The van der Waals surface area contributed by atoms with E-state index in [2.05, 4.69) is 5.32 Å². The van der Waals surface area contributed by atoms with Gasteiger partial charge in [0.1, 0.15) is 16.5 Å². The molecule has 2 heterocycles. The predicted molar refractivity (Wildman–Crippen MR) is 96.4 cm³/mol. The Labute approximate surface area is 158 Å². The normalized spacial score (nSPS) is 21.9. The molecule has 27 heavy (non-hydrogen) atoms. The van der Waals surface area contributed by atoms with Crippen molar-refractivity contribution in [3.63, 3.8) is 0 Å². The third-order valence-electron chi connectivity index (χ3n) is 5.10. The molecule has 1 amide bonds. The van der Waals surface area contributed by atoms with E-state index in [-0.39, 0.29) is 41.7 Å². The van der Waals surface area contributed by atoms with E-state index in [9.17, 15) is 17.6 Å². The number of rotatable bonds is 6. The molecule has 0 bridgehead atoms. The number of ether oxygens (including phenoxy) is 2. The van der Waals surface area contributed by atoms with Gasteiger partial charge in [-0.25, -0.2) is 12.8 Å². The Hall–Kier alpha value is -1.71. The smallest absolute Gasteiger partial charge is 0.246 e. The van der Waals surface area contributed by atoms with Crippen molar-refractivity contribution in [1.29, 1.82) is 0 Å². The number of halogens is 1. The number of amides is 1. The first-order valence-corrected chi connectivity index (χ1v) is 10.6. The van der Waals surface area contributed by atoms with Crippen LogP contribution in [0.25, 0.3) is 0 Å². The van der Waals surface area contributed by atoms with Gasteiger partial charge in [-0.05, 0) is 43.9 Å². The minimum atomic E-state index is -3.89. The van der Waals surface area contributed by atoms with Crippen LogP contribution in [0.5, 0.6) is 5.75 Å². The van der Waals surface area contributed by atoms with Gasteiger partial charge in [0.2, 0.25) is 15.9 Å². The van der Waals surface area contributed by atoms with E-state index in [0.717, 1.165) is 31.6 Å². The summed E-state index contributed by atoms with van der Waals surface area (Å²) < 4.78 is 51.1. The summed E-state index contributed by atoms with van der Waals surface area (Å²) in [5, 5.41) is 2.90. The molecule has 7 nitrogen and oxygen atoms in total. The van der Waals surface area contributed by atoms with Crippen molar-refractivity contribution in [3.8, 4) is 5.75 Å². The molecule has 0 saturated carbocycles. The number of sulfonamides is 1. The van der Waals surface area contributed by atoms with Crippen molar-refractivity contribution in [2.45, 2.75) is 36.7 Å². The number of piperidine rings is 1. The minimum Gasteiger partial charge on any atom is -0.495 e. The molecule has 0 radical (unpaired) electrons. The van der Waals surface area contributed by atoms with Crippen LogP contribution in [0.4, 0.5) is 4.39 Å². The highest BCUT2D eigenvalue weighted by Crippen LogP contribution is 2.30. The maximum atomic E-state index is 13.6. The average Bonchev–Trinajstić information content (AvgIpc) is 3.20. The third kappa shape index (κ3) is 4.59. The molecule has 2 aliphatic heterocycles. The van der Waals surface area contributed by atoms with E-state index in [1.54, 1.807) is 0 Å². The second-order valence-electron chi connectivity index (χ2n) is 6.85. The summed E-state index contributed by atoms with van der Waals surface area (Å²) in [5.41, 5.74) is 0. The zero-order valence-corrected chi connectivity index (χ0v) is 16.1. The monoisotopic (exact) mass is 400 g/mol. The van der Waals surface area contributed by atoms with Gasteiger partial charge in [0.15, 0.2) is 0 Å². The predicted octanol–water partition coefficient (Wildman–Crippen LogP) is 1.53. The lowest BCUT2D eigenvalue weighted by atomic mass is 9.97. The molecule has 0 aromatic heterocycles. The van der Waals surface area contributed by atoms with Crippen LogP contribution in [0.1, 0.15) is 25.7 Å². The summed E-state index contributed by atoms with van der Waals surface area (Å²) in [7, 11) is -2.54. The van der Waals surface area contributed by atoms with Crippen LogP contribution in [-0.2, 0) is 19.6 Å². The summed E-state index contributed by atoms with van der Waals surface area (Å²) >= 11 is 0. The van der Waals surface area contributed by atoms with Gasteiger partial charge in [-0.2, -0.15) is 4.31 Å². The number of carbonyl (C=O) groups is 1. The molecule has 2 saturated heterocycles. The lowest BCUT2D eigenvalue weighted by molar-refractivity contribution is -0.126. The highest BCUT2D eigenvalue weighted by atomic mass is 32.2. The molecule has 0 aliphatic carbocycles. The summed E-state index contributed by atoms with van der Waals surface area (Å²) in [6, 6.07) is 3.42. The number of benzene rings is 1. The van der Waals surface area contributed by atoms with E-state index in [1.165, 1.54) is 17.5 Å². The second kappa shape index (κ2) is 8.53. The van der Waals surface area contributed by atoms with Crippen molar-refractivity contribution < 1.29 is 27.1 Å². The SMILES string of the molecule is COc1ccc(F)cc1S(=O)(=O)N1CCC(C(=O)NC[C@H]2CCCO2)CC1. The van der Waals surface area contributed by atoms with E-state index >= 15 is 0 Å². The molecule has 0 unspecified atom stereocenters. The minimum absolute atomic E-state index is 0.0640. The first kappa shape index (κ1) is 20.0. The zero-order chi connectivity index (χ0) is 19.4. The number of nitrogens with zero attached hydrogens (tertiary/aromatic N) is 1. The molecule has 2 aliphatic rings. The van der Waals surface area contributed by atoms with Crippen LogP contribution in [0.2, 0.25) is 0 Å². The quantitative estimate of drug-likeness (QED) is 0.783. The zero-order valence-electron chi connectivity index (χ0n) is 15.3. The molecule has 2 fully saturated rings. The summed E-state index contributed by atoms with van der Waals surface area (Å²) in [5.74, 6) is -0.830. The van der Waals surface area contributed by atoms with Crippen molar-refractivity contribution >= 4 is 15.9 Å². The Bertz CT molecular complexity index is 772. The summed E-state index contributed by atoms with van der Waals surface area (Å²) in [4.78, 5) is 12.1. The number of nitrogens with one attached hydrogen (secondary N) is 1. The van der Waals surface area contributed by atoms with Crippen LogP contribution in [0.15, 0.2) is 23.1 Å². The Morgan fingerprint density at radius 1 is 1.33 bits per heavy atom. The maximum Gasteiger partial charge on any atom is 0.246 e. The number of methoxy groups -OCH3 is 1. The summed E-state index contributed by atoms with van der Waals surface area (Å²) in [6.45, 7) is 1.65. The molecular formula is C18H25FN2O5S.